The van der Waals surface area contributed by atoms with Gasteiger partial charge in [-0.1, -0.05) is 34.1 Å². The molecule has 12 nitrogen and oxygen atoms in total. The first-order chi connectivity index (χ1) is 15.7. The summed E-state index contributed by atoms with van der Waals surface area (Å²) in [5, 5.41) is 19.3. The SMILES string of the molecule is CCC(C)C(N)C(=O)N(C(=O)C(N)C(C)C)C(CCCCN)(C(=O)O)C(=O)C(N)CCC(=O)O. The first-order valence-corrected chi connectivity index (χ1v) is 11.5. The molecule has 0 rings (SSSR count). The fraction of sp³-hybridized carbons (Fsp3) is 0.773. The third-order valence-electron chi connectivity index (χ3n) is 6.13. The lowest BCUT2D eigenvalue weighted by atomic mass is 9.80. The molecule has 0 aromatic heterocycles. The number of imide groups is 1. The zero-order chi connectivity index (χ0) is 26.8. The highest BCUT2D eigenvalue weighted by Crippen LogP contribution is 2.30. The van der Waals surface area contributed by atoms with Crippen molar-refractivity contribution in [3.05, 3.63) is 0 Å². The molecule has 0 radical (unpaired) electrons. The van der Waals surface area contributed by atoms with E-state index in [1.54, 1.807) is 27.7 Å². The van der Waals surface area contributed by atoms with E-state index >= 15 is 0 Å². The van der Waals surface area contributed by atoms with E-state index in [0.29, 0.717) is 17.7 Å². The summed E-state index contributed by atoms with van der Waals surface area (Å²) in [4.78, 5) is 64.7. The van der Waals surface area contributed by atoms with Crippen molar-refractivity contribution < 1.29 is 34.2 Å². The molecule has 12 heteroatoms. The van der Waals surface area contributed by atoms with Crippen molar-refractivity contribution in [3.63, 3.8) is 0 Å². The van der Waals surface area contributed by atoms with Crippen LogP contribution in [0.3, 0.4) is 0 Å². The van der Waals surface area contributed by atoms with Crippen LogP contribution in [0.25, 0.3) is 0 Å². The number of carboxylic acid groups (broad SMARTS) is 2. The first-order valence-electron chi connectivity index (χ1n) is 11.5. The van der Waals surface area contributed by atoms with E-state index in [4.69, 9.17) is 28.0 Å². The van der Waals surface area contributed by atoms with E-state index in [0.717, 1.165) is 0 Å². The van der Waals surface area contributed by atoms with Crippen LogP contribution in [-0.2, 0) is 24.0 Å². The van der Waals surface area contributed by atoms with E-state index in [9.17, 15) is 29.1 Å². The Morgan fingerprint density at radius 2 is 1.44 bits per heavy atom. The number of hydrogen-bond acceptors (Lipinski definition) is 9. The number of carbonyl (C=O) groups excluding carboxylic acids is 3. The van der Waals surface area contributed by atoms with Crippen LogP contribution in [0.2, 0.25) is 0 Å². The first kappa shape index (κ1) is 31.6. The number of carboxylic acids is 2. The van der Waals surface area contributed by atoms with Crippen molar-refractivity contribution in [2.24, 2.45) is 34.8 Å². The molecule has 0 fully saturated rings. The second-order valence-corrected chi connectivity index (χ2v) is 9.01. The molecule has 0 saturated carbocycles. The van der Waals surface area contributed by atoms with Gasteiger partial charge in [-0.2, -0.15) is 0 Å². The van der Waals surface area contributed by atoms with Gasteiger partial charge in [-0.05, 0) is 44.1 Å². The summed E-state index contributed by atoms with van der Waals surface area (Å²) in [6.45, 7) is 6.82. The maximum absolute atomic E-state index is 13.6. The standard InChI is InChI=1S/C22H41N5O7/c1-5-13(4)17(26)20(32)27(19(31)16(25)12(2)3)22(21(33)34,10-6-7-11-23)18(30)14(24)8-9-15(28)29/h12-14,16-17H,5-11,23-26H2,1-4H3,(H,28,29)(H,33,34). The smallest absolute Gasteiger partial charge is 0.338 e. The predicted molar refractivity (Wildman–Crippen MR) is 125 cm³/mol. The van der Waals surface area contributed by atoms with Crippen molar-refractivity contribution in [1.29, 1.82) is 0 Å². The van der Waals surface area contributed by atoms with Gasteiger partial charge in [-0.25, -0.2) is 4.79 Å². The lowest BCUT2D eigenvalue weighted by molar-refractivity contribution is -0.173. The van der Waals surface area contributed by atoms with Crippen molar-refractivity contribution in [2.75, 3.05) is 6.54 Å². The number of nitrogens with zero attached hydrogens (tertiary/aromatic N) is 1. The van der Waals surface area contributed by atoms with Crippen molar-refractivity contribution in [1.82, 2.24) is 4.90 Å². The molecule has 0 aromatic carbocycles. The summed E-state index contributed by atoms with van der Waals surface area (Å²) in [6.07, 6.45) is -0.530. The molecule has 34 heavy (non-hydrogen) atoms. The van der Waals surface area contributed by atoms with E-state index in [1.165, 1.54) is 0 Å². The fourth-order valence-corrected chi connectivity index (χ4v) is 3.46. The number of aliphatic carboxylic acids is 2. The Balaban J connectivity index is 6.96. The summed E-state index contributed by atoms with van der Waals surface area (Å²) in [5.41, 5.74) is 20.8. The third-order valence-corrected chi connectivity index (χ3v) is 6.13. The number of ketones is 1. The Kier molecular flexibility index (Phi) is 13.1. The molecule has 0 aliphatic carbocycles. The Bertz CT molecular complexity index is 745. The number of amides is 2. The molecule has 0 spiro atoms. The minimum atomic E-state index is -2.71. The number of carbonyl (C=O) groups is 5. The molecule has 0 heterocycles. The van der Waals surface area contributed by atoms with Crippen LogP contribution in [0.1, 0.15) is 66.2 Å². The van der Waals surface area contributed by atoms with Crippen LogP contribution in [0.4, 0.5) is 0 Å². The average Bonchev–Trinajstić information content (AvgIpc) is 2.78. The summed E-state index contributed by atoms with van der Waals surface area (Å²) in [6, 6.07) is -4.16. The number of rotatable bonds is 16. The lowest BCUT2D eigenvalue weighted by Crippen LogP contribution is -2.71. The van der Waals surface area contributed by atoms with Gasteiger partial charge in [-0.3, -0.25) is 24.1 Å². The van der Waals surface area contributed by atoms with Crippen molar-refractivity contribution >= 4 is 29.5 Å². The predicted octanol–water partition coefficient (Wildman–Crippen LogP) is -0.588. The molecular formula is C22H41N5O7. The number of unbranched alkanes of at least 4 members (excludes halogenated alkanes) is 1. The number of Topliss-reactive ketones (excluding diaryl/α,β-unsaturated/α-hetero) is 1. The second kappa shape index (κ2) is 14.1. The van der Waals surface area contributed by atoms with Crippen LogP contribution in [0.5, 0.6) is 0 Å². The van der Waals surface area contributed by atoms with Crippen molar-refractivity contribution in [2.45, 2.75) is 89.9 Å². The molecule has 5 unspecified atom stereocenters. The van der Waals surface area contributed by atoms with Gasteiger partial charge in [0.15, 0.2) is 5.78 Å². The van der Waals surface area contributed by atoms with Gasteiger partial charge in [0, 0.05) is 6.42 Å². The summed E-state index contributed by atoms with van der Waals surface area (Å²) < 4.78 is 0. The highest BCUT2D eigenvalue weighted by Gasteiger charge is 2.58. The molecule has 0 aliphatic heterocycles. The quantitative estimate of drug-likeness (QED) is 0.119. The summed E-state index contributed by atoms with van der Waals surface area (Å²) in [5.74, 6) is -7.21. The maximum Gasteiger partial charge on any atom is 0.338 e. The van der Waals surface area contributed by atoms with Crippen LogP contribution in [0, 0.1) is 11.8 Å². The van der Waals surface area contributed by atoms with Crippen LogP contribution in [0.15, 0.2) is 0 Å². The van der Waals surface area contributed by atoms with E-state index in [-0.39, 0.29) is 19.4 Å². The van der Waals surface area contributed by atoms with E-state index in [1.807, 2.05) is 0 Å². The van der Waals surface area contributed by atoms with Crippen LogP contribution >= 0.6 is 0 Å². The highest BCUT2D eigenvalue weighted by molar-refractivity contribution is 6.17. The summed E-state index contributed by atoms with van der Waals surface area (Å²) in [7, 11) is 0. The number of nitrogens with two attached hydrogens (primary N) is 4. The monoisotopic (exact) mass is 487 g/mol. The zero-order valence-corrected chi connectivity index (χ0v) is 20.5. The Morgan fingerprint density at radius 1 is 0.912 bits per heavy atom. The lowest BCUT2D eigenvalue weighted by Gasteiger charge is -2.42. The van der Waals surface area contributed by atoms with Gasteiger partial charge >= 0.3 is 11.9 Å². The second-order valence-electron chi connectivity index (χ2n) is 9.01. The highest BCUT2D eigenvalue weighted by atomic mass is 16.4. The van der Waals surface area contributed by atoms with E-state index < -0.39 is 77.9 Å². The molecule has 196 valence electrons. The van der Waals surface area contributed by atoms with Crippen molar-refractivity contribution in [3.8, 4) is 0 Å². The summed E-state index contributed by atoms with van der Waals surface area (Å²) >= 11 is 0. The Labute approximate surface area is 200 Å². The van der Waals surface area contributed by atoms with Gasteiger partial charge in [-0.15, -0.1) is 0 Å². The normalized spacial score (nSPS) is 16.7. The zero-order valence-electron chi connectivity index (χ0n) is 20.5. The van der Waals surface area contributed by atoms with Crippen LogP contribution < -0.4 is 22.9 Å². The topological polar surface area (TPSA) is 233 Å². The minimum absolute atomic E-state index is 0.0761. The minimum Gasteiger partial charge on any atom is -0.481 e. The number of hydrogen-bond donors (Lipinski definition) is 6. The third kappa shape index (κ3) is 7.55. The van der Waals surface area contributed by atoms with Gasteiger partial charge < -0.3 is 33.1 Å². The molecular weight excluding hydrogens is 446 g/mol. The Morgan fingerprint density at radius 3 is 1.85 bits per heavy atom. The molecule has 0 saturated heterocycles. The maximum atomic E-state index is 13.6. The Hall–Kier alpha value is -2.41. The van der Waals surface area contributed by atoms with Gasteiger partial charge in [0.1, 0.15) is 0 Å². The van der Waals surface area contributed by atoms with Gasteiger partial charge in [0.05, 0.1) is 18.1 Å². The largest absolute Gasteiger partial charge is 0.481 e. The molecule has 0 aliphatic rings. The fourth-order valence-electron chi connectivity index (χ4n) is 3.46. The molecule has 0 aromatic rings. The van der Waals surface area contributed by atoms with Gasteiger partial charge in [0.25, 0.3) is 0 Å². The molecule has 10 N–H and O–H groups in total. The van der Waals surface area contributed by atoms with Crippen LogP contribution in [-0.4, -0.2) is 74.9 Å². The average molecular weight is 488 g/mol. The molecule has 0 bridgehead atoms. The molecule has 2 amide bonds. The van der Waals surface area contributed by atoms with Gasteiger partial charge in [0.2, 0.25) is 17.4 Å². The molecule has 5 atom stereocenters. The van der Waals surface area contributed by atoms with E-state index in [2.05, 4.69) is 0 Å².